The Morgan fingerprint density at radius 3 is 2.24 bits per heavy atom. The van der Waals surface area contributed by atoms with Gasteiger partial charge >= 0.3 is 0 Å². The van der Waals surface area contributed by atoms with E-state index in [0.29, 0.717) is 22.9 Å². The Bertz CT molecular complexity index is 1230. The Kier molecular flexibility index (Phi) is 7.88. The van der Waals surface area contributed by atoms with Gasteiger partial charge in [0.25, 0.3) is 10.0 Å². The first kappa shape index (κ1) is 24.5. The molecule has 3 rings (SSSR count). The lowest BCUT2D eigenvalue weighted by Crippen LogP contribution is -2.22. The molecule has 0 fully saturated rings. The summed E-state index contributed by atoms with van der Waals surface area (Å²) in [6, 6.07) is 18.7. The molecule has 0 saturated carbocycles. The van der Waals surface area contributed by atoms with Crippen LogP contribution in [0.2, 0.25) is 0 Å². The standard InChI is InChI=1S/C24H26N2O5S2/c1-16-7-5-6-8-21(16)26-33(28,29)20-12-9-18(10-13-20)25-24(27)17(2)32-19-11-14-22(30-3)23(15-19)31-4/h5-15,17,26H,1-4H3,(H,25,27)/t17-/m0/s1. The van der Waals surface area contributed by atoms with E-state index < -0.39 is 15.3 Å². The summed E-state index contributed by atoms with van der Waals surface area (Å²) in [6.45, 7) is 3.62. The van der Waals surface area contributed by atoms with Gasteiger partial charge in [0.1, 0.15) is 0 Å². The zero-order valence-electron chi connectivity index (χ0n) is 18.8. The fraction of sp³-hybridized carbons (Fsp3) is 0.208. The Morgan fingerprint density at radius 2 is 1.61 bits per heavy atom. The van der Waals surface area contributed by atoms with Gasteiger partial charge in [-0.25, -0.2) is 8.42 Å². The van der Waals surface area contributed by atoms with E-state index in [0.717, 1.165) is 10.5 Å². The van der Waals surface area contributed by atoms with Crippen molar-refractivity contribution in [3.05, 3.63) is 72.3 Å². The molecular formula is C24H26N2O5S2. The fourth-order valence-corrected chi connectivity index (χ4v) is 5.03. The number of nitrogens with one attached hydrogen (secondary N) is 2. The zero-order chi connectivity index (χ0) is 24.0. The number of carbonyl (C=O) groups is 1. The highest BCUT2D eigenvalue weighted by molar-refractivity contribution is 8.00. The number of aryl methyl sites for hydroxylation is 1. The van der Waals surface area contributed by atoms with Crippen LogP contribution in [0.4, 0.5) is 11.4 Å². The topological polar surface area (TPSA) is 93.7 Å². The van der Waals surface area contributed by atoms with Crippen LogP contribution in [0.15, 0.2) is 76.5 Å². The summed E-state index contributed by atoms with van der Waals surface area (Å²) in [5.74, 6) is 1.00. The molecule has 0 unspecified atom stereocenters. The lowest BCUT2D eigenvalue weighted by molar-refractivity contribution is -0.115. The number of ether oxygens (including phenoxy) is 2. The third-order valence-electron chi connectivity index (χ3n) is 4.86. The minimum absolute atomic E-state index is 0.108. The second-order valence-electron chi connectivity index (χ2n) is 7.21. The van der Waals surface area contributed by atoms with Gasteiger partial charge in [-0.05, 0) is 67.9 Å². The molecule has 3 aromatic carbocycles. The molecule has 1 amide bonds. The number of methoxy groups -OCH3 is 2. The molecule has 0 spiro atoms. The van der Waals surface area contributed by atoms with Crippen molar-refractivity contribution >= 4 is 39.1 Å². The SMILES string of the molecule is COc1ccc(S[C@@H](C)C(=O)Nc2ccc(S(=O)(=O)Nc3ccccc3C)cc2)cc1OC. The summed E-state index contributed by atoms with van der Waals surface area (Å²) in [5.41, 5.74) is 1.86. The monoisotopic (exact) mass is 486 g/mol. The van der Waals surface area contributed by atoms with Crippen molar-refractivity contribution in [3.8, 4) is 11.5 Å². The number of anilines is 2. The number of amides is 1. The molecule has 2 N–H and O–H groups in total. The van der Waals surface area contributed by atoms with Gasteiger partial charge in [0.2, 0.25) is 5.91 Å². The smallest absolute Gasteiger partial charge is 0.261 e. The van der Waals surface area contributed by atoms with E-state index in [1.807, 2.05) is 31.2 Å². The first-order chi connectivity index (χ1) is 15.7. The van der Waals surface area contributed by atoms with Crippen molar-refractivity contribution in [2.75, 3.05) is 24.3 Å². The van der Waals surface area contributed by atoms with Gasteiger partial charge in [0, 0.05) is 10.6 Å². The summed E-state index contributed by atoms with van der Waals surface area (Å²) in [7, 11) is -0.616. The van der Waals surface area contributed by atoms with Gasteiger partial charge in [0.15, 0.2) is 11.5 Å². The average Bonchev–Trinajstić information content (AvgIpc) is 2.80. The van der Waals surface area contributed by atoms with Crippen LogP contribution < -0.4 is 19.5 Å². The number of hydrogen-bond acceptors (Lipinski definition) is 6. The average molecular weight is 487 g/mol. The number of rotatable bonds is 9. The summed E-state index contributed by atoms with van der Waals surface area (Å²) >= 11 is 1.38. The van der Waals surface area contributed by atoms with Gasteiger partial charge in [0.05, 0.1) is 30.1 Å². The molecule has 0 saturated heterocycles. The minimum atomic E-state index is -3.74. The van der Waals surface area contributed by atoms with Crippen LogP contribution in [0.5, 0.6) is 11.5 Å². The number of benzene rings is 3. The van der Waals surface area contributed by atoms with E-state index in [2.05, 4.69) is 10.0 Å². The number of carbonyl (C=O) groups excluding carboxylic acids is 1. The second-order valence-corrected chi connectivity index (χ2v) is 10.3. The molecular weight excluding hydrogens is 460 g/mol. The highest BCUT2D eigenvalue weighted by Crippen LogP contribution is 2.33. The van der Waals surface area contributed by atoms with Crippen LogP contribution in [-0.4, -0.2) is 33.8 Å². The molecule has 0 bridgehead atoms. The molecule has 0 aliphatic heterocycles. The van der Waals surface area contributed by atoms with Crippen molar-refractivity contribution in [2.24, 2.45) is 0 Å². The summed E-state index contributed by atoms with van der Waals surface area (Å²) in [4.78, 5) is 13.6. The van der Waals surface area contributed by atoms with Gasteiger partial charge in [-0.3, -0.25) is 9.52 Å². The van der Waals surface area contributed by atoms with Gasteiger partial charge in [-0.2, -0.15) is 0 Å². The summed E-state index contributed by atoms with van der Waals surface area (Å²) in [5, 5.41) is 2.43. The number of para-hydroxylation sites is 1. The quantitative estimate of drug-likeness (QED) is 0.417. The van der Waals surface area contributed by atoms with Crippen LogP contribution in [0, 0.1) is 6.92 Å². The van der Waals surface area contributed by atoms with Crippen molar-refractivity contribution in [3.63, 3.8) is 0 Å². The predicted molar refractivity (Wildman–Crippen MR) is 132 cm³/mol. The first-order valence-corrected chi connectivity index (χ1v) is 12.5. The third kappa shape index (κ3) is 6.21. The maximum absolute atomic E-state index is 12.7. The van der Waals surface area contributed by atoms with E-state index in [1.54, 1.807) is 51.5 Å². The van der Waals surface area contributed by atoms with Gasteiger partial charge in [-0.15, -0.1) is 11.8 Å². The third-order valence-corrected chi connectivity index (χ3v) is 7.33. The molecule has 0 heterocycles. The molecule has 3 aromatic rings. The molecule has 9 heteroatoms. The van der Waals surface area contributed by atoms with E-state index >= 15 is 0 Å². The lowest BCUT2D eigenvalue weighted by atomic mass is 10.2. The second kappa shape index (κ2) is 10.6. The van der Waals surface area contributed by atoms with E-state index in [9.17, 15) is 13.2 Å². The fourth-order valence-electron chi connectivity index (χ4n) is 3.00. The van der Waals surface area contributed by atoms with E-state index in [-0.39, 0.29) is 10.8 Å². The highest BCUT2D eigenvalue weighted by atomic mass is 32.2. The molecule has 33 heavy (non-hydrogen) atoms. The van der Waals surface area contributed by atoms with Crippen molar-refractivity contribution < 1.29 is 22.7 Å². The minimum Gasteiger partial charge on any atom is -0.493 e. The Balaban J connectivity index is 1.64. The summed E-state index contributed by atoms with van der Waals surface area (Å²) in [6.07, 6.45) is 0. The summed E-state index contributed by atoms with van der Waals surface area (Å²) < 4.78 is 38.5. The molecule has 0 aliphatic carbocycles. The Morgan fingerprint density at radius 1 is 0.939 bits per heavy atom. The zero-order valence-corrected chi connectivity index (χ0v) is 20.4. The van der Waals surface area contributed by atoms with Gasteiger partial charge < -0.3 is 14.8 Å². The molecule has 174 valence electrons. The molecule has 0 aliphatic rings. The van der Waals surface area contributed by atoms with Crippen LogP contribution in [0.3, 0.4) is 0 Å². The number of sulfonamides is 1. The van der Waals surface area contributed by atoms with Crippen molar-refractivity contribution in [2.45, 2.75) is 28.9 Å². The number of hydrogen-bond donors (Lipinski definition) is 2. The van der Waals surface area contributed by atoms with Crippen LogP contribution in [0.1, 0.15) is 12.5 Å². The van der Waals surface area contributed by atoms with Crippen molar-refractivity contribution in [1.82, 2.24) is 0 Å². The maximum atomic E-state index is 12.7. The van der Waals surface area contributed by atoms with Gasteiger partial charge in [-0.1, -0.05) is 18.2 Å². The predicted octanol–water partition coefficient (Wildman–Crippen LogP) is 4.93. The Hall–Kier alpha value is -3.17. The normalized spacial score (nSPS) is 12.0. The van der Waals surface area contributed by atoms with Crippen LogP contribution in [-0.2, 0) is 14.8 Å². The van der Waals surface area contributed by atoms with E-state index in [4.69, 9.17) is 9.47 Å². The molecule has 7 nitrogen and oxygen atoms in total. The lowest BCUT2D eigenvalue weighted by Gasteiger charge is -2.14. The molecule has 1 atom stereocenters. The number of thioether (sulfide) groups is 1. The highest BCUT2D eigenvalue weighted by Gasteiger charge is 2.18. The van der Waals surface area contributed by atoms with Crippen molar-refractivity contribution in [1.29, 1.82) is 0 Å². The van der Waals surface area contributed by atoms with E-state index in [1.165, 1.54) is 23.9 Å². The maximum Gasteiger partial charge on any atom is 0.261 e. The molecule has 0 aromatic heterocycles. The Labute approximate surface area is 198 Å². The molecule has 0 radical (unpaired) electrons. The first-order valence-electron chi connectivity index (χ1n) is 10.1. The van der Waals surface area contributed by atoms with Crippen LogP contribution in [0.25, 0.3) is 0 Å². The largest absolute Gasteiger partial charge is 0.493 e. The van der Waals surface area contributed by atoms with Crippen LogP contribution >= 0.6 is 11.8 Å².